The number of benzene rings is 1. The molecule has 1 aromatic carbocycles. The van der Waals surface area contributed by atoms with Crippen molar-refractivity contribution in [3.05, 3.63) is 84.3 Å². The van der Waals surface area contributed by atoms with E-state index in [1.807, 2.05) is 35.2 Å². The van der Waals surface area contributed by atoms with Gasteiger partial charge in [0.2, 0.25) is 12.3 Å². The van der Waals surface area contributed by atoms with E-state index in [-0.39, 0.29) is 17.7 Å². The van der Waals surface area contributed by atoms with Gasteiger partial charge in [-0.25, -0.2) is 0 Å². The molecule has 1 saturated heterocycles. The first-order chi connectivity index (χ1) is 12.8. The smallest absolute Gasteiger partial charge is 0.246 e. The van der Waals surface area contributed by atoms with Gasteiger partial charge in [0.1, 0.15) is 0 Å². The Hall–Kier alpha value is -3.28. The lowest BCUT2D eigenvalue weighted by molar-refractivity contribution is -0.125. The highest BCUT2D eigenvalue weighted by molar-refractivity contribution is 5.92. The summed E-state index contributed by atoms with van der Waals surface area (Å²) in [6.07, 6.45) is 8.15. The molecule has 0 bridgehead atoms. The molecule has 130 valence electrons. The molecule has 6 nitrogen and oxygen atoms in total. The molecule has 3 aromatic rings. The molecule has 1 aliphatic heterocycles. The Morgan fingerprint density at radius 3 is 2.69 bits per heavy atom. The average Bonchev–Trinajstić information content (AvgIpc) is 3.37. The molecule has 0 radical (unpaired) electrons. The topological polar surface area (TPSA) is 72.1 Å². The Balaban J connectivity index is 1.55. The third-order valence-electron chi connectivity index (χ3n) is 4.67. The van der Waals surface area contributed by atoms with Crippen LogP contribution in [0.15, 0.2) is 71.9 Å². The van der Waals surface area contributed by atoms with Crippen molar-refractivity contribution in [1.82, 2.24) is 20.0 Å². The van der Waals surface area contributed by atoms with Gasteiger partial charge in [-0.15, -0.1) is 0 Å². The Morgan fingerprint density at radius 1 is 1.12 bits per heavy atom. The predicted octanol–water partition coefficient (Wildman–Crippen LogP) is 2.89. The molecule has 26 heavy (non-hydrogen) atoms. The van der Waals surface area contributed by atoms with Gasteiger partial charge in [0.15, 0.2) is 5.82 Å². The number of hydrogen-bond acceptors (Lipinski definition) is 5. The summed E-state index contributed by atoms with van der Waals surface area (Å²) in [5, 5.41) is 4.01. The van der Waals surface area contributed by atoms with Crippen LogP contribution in [0.1, 0.15) is 28.8 Å². The molecule has 0 unspecified atom stereocenters. The minimum absolute atomic E-state index is 0.0203. The number of amides is 1. The first-order valence-corrected chi connectivity index (χ1v) is 8.49. The van der Waals surface area contributed by atoms with E-state index < -0.39 is 0 Å². The molecular formula is C20H18N4O2. The second-order valence-electron chi connectivity index (χ2n) is 6.28. The highest BCUT2D eigenvalue weighted by Gasteiger charge is 2.38. The second kappa shape index (κ2) is 7.31. The molecular weight excluding hydrogens is 328 g/mol. The van der Waals surface area contributed by atoms with Crippen molar-refractivity contribution in [2.24, 2.45) is 0 Å². The van der Waals surface area contributed by atoms with Crippen LogP contribution in [0.5, 0.6) is 0 Å². The third kappa shape index (κ3) is 3.39. The van der Waals surface area contributed by atoms with E-state index in [1.165, 1.54) is 12.0 Å². The SMILES string of the molecule is O=C(/C=C\c1cccnc1)N1C[C@H](c2ccccc2)[C@H](c2ncon2)C1. The van der Waals surface area contributed by atoms with Crippen molar-refractivity contribution in [2.45, 2.75) is 11.8 Å². The summed E-state index contributed by atoms with van der Waals surface area (Å²) in [4.78, 5) is 22.8. The van der Waals surface area contributed by atoms with Gasteiger partial charge >= 0.3 is 0 Å². The Kier molecular flexibility index (Phi) is 4.55. The minimum Gasteiger partial charge on any atom is -0.343 e. The first-order valence-electron chi connectivity index (χ1n) is 8.49. The number of aromatic nitrogens is 3. The molecule has 0 aliphatic carbocycles. The number of rotatable bonds is 4. The van der Waals surface area contributed by atoms with Crippen molar-refractivity contribution in [3.63, 3.8) is 0 Å². The van der Waals surface area contributed by atoms with Crippen LogP contribution in [0.25, 0.3) is 6.08 Å². The minimum atomic E-state index is -0.0271. The number of likely N-dealkylation sites (tertiary alicyclic amines) is 1. The van der Waals surface area contributed by atoms with Crippen molar-refractivity contribution in [1.29, 1.82) is 0 Å². The first kappa shape index (κ1) is 16.2. The molecule has 6 heteroatoms. The number of carbonyl (C=O) groups is 1. The number of nitrogens with zero attached hydrogens (tertiary/aromatic N) is 4. The highest BCUT2D eigenvalue weighted by Crippen LogP contribution is 2.38. The quantitative estimate of drug-likeness (QED) is 0.679. The van der Waals surface area contributed by atoms with Crippen molar-refractivity contribution in [3.8, 4) is 0 Å². The molecule has 0 N–H and O–H groups in total. The molecule has 4 rings (SSSR count). The van der Waals surface area contributed by atoms with Crippen LogP contribution in [-0.2, 0) is 4.79 Å². The molecule has 0 spiro atoms. The fourth-order valence-corrected chi connectivity index (χ4v) is 3.37. The monoisotopic (exact) mass is 346 g/mol. The normalized spacial score (nSPS) is 19.9. The van der Waals surface area contributed by atoms with Gasteiger partial charge in [0.25, 0.3) is 0 Å². The van der Waals surface area contributed by atoms with Crippen LogP contribution in [0.2, 0.25) is 0 Å². The lowest BCUT2D eigenvalue weighted by Gasteiger charge is -2.15. The Labute approximate surface area is 151 Å². The summed E-state index contributed by atoms with van der Waals surface area (Å²) >= 11 is 0. The molecule has 1 fully saturated rings. The summed E-state index contributed by atoms with van der Waals surface area (Å²) in [6.45, 7) is 1.19. The summed E-state index contributed by atoms with van der Waals surface area (Å²) in [5.41, 5.74) is 2.07. The molecule has 1 aliphatic rings. The van der Waals surface area contributed by atoms with Gasteiger partial charge in [0, 0.05) is 43.4 Å². The van der Waals surface area contributed by atoms with Crippen LogP contribution in [-0.4, -0.2) is 39.0 Å². The molecule has 3 heterocycles. The van der Waals surface area contributed by atoms with E-state index in [0.29, 0.717) is 18.9 Å². The van der Waals surface area contributed by atoms with Gasteiger partial charge in [0.05, 0.1) is 0 Å². The maximum absolute atomic E-state index is 12.7. The van der Waals surface area contributed by atoms with Crippen LogP contribution in [0.4, 0.5) is 0 Å². The lowest BCUT2D eigenvalue weighted by Crippen LogP contribution is -2.27. The average molecular weight is 346 g/mol. The maximum Gasteiger partial charge on any atom is 0.246 e. The van der Waals surface area contributed by atoms with Gasteiger partial charge in [-0.1, -0.05) is 41.6 Å². The summed E-state index contributed by atoms with van der Waals surface area (Å²) in [5.74, 6) is 0.780. The van der Waals surface area contributed by atoms with E-state index in [1.54, 1.807) is 24.5 Å². The van der Waals surface area contributed by atoms with E-state index in [0.717, 1.165) is 5.56 Å². The van der Waals surface area contributed by atoms with Crippen LogP contribution in [0.3, 0.4) is 0 Å². The zero-order valence-corrected chi connectivity index (χ0v) is 14.1. The third-order valence-corrected chi connectivity index (χ3v) is 4.67. The number of pyridine rings is 1. The summed E-state index contributed by atoms with van der Waals surface area (Å²) < 4.78 is 4.93. The van der Waals surface area contributed by atoms with E-state index >= 15 is 0 Å². The fraction of sp³-hybridized carbons (Fsp3) is 0.200. The van der Waals surface area contributed by atoms with Crippen LogP contribution < -0.4 is 0 Å². The van der Waals surface area contributed by atoms with Crippen molar-refractivity contribution in [2.75, 3.05) is 13.1 Å². The molecule has 2 atom stereocenters. The van der Waals surface area contributed by atoms with Crippen molar-refractivity contribution < 1.29 is 9.32 Å². The van der Waals surface area contributed by atoms with Gasteiger partial charge < -0.3 is 9.42 Å². The van der Waals surface area contributed by atoms with Crippen LogP contribution >= 0.6 is 0 Å². The largest absolute Gasteiger partial charge is 0.343 e. The maximum atomic E-state index is 12.7. The number of hydrogen-bond donors (Lipinski definition) is 0. The number of carbonyl (C=O) groups excluding carboxylic acids is 1. The molecule has 1 amide bonds. The van der Waals surface area contributed by atoms with E-state index in [9.17, 15) is 4.79 Å². The zero-order chi connectivity index (χ0) is 17.8. The standard InChI is InChI=1S/C20H18N4O2/c25-19(9-8-15-5-4-10-21-11-15)24-12-17(16-6-2-1-3-7-16)18(13-24)20-22-14-26-23-20/h1-11,14,17-18H,12-13H2/b9-8-/t17-,18-/m1/s1. The Morgan fingerprint density at radius 2 is 1.96 bits per heavy atom. The Bertz CT molecular complexity index is 879. The predicted molar refractivity (Wildman–Crippen MR) is 96.1 cm³/mol. The fourth-order valence-electron chi connectivity index (χ4n) is 3.37. The van der Waals surface area contributed by atoms with E-state index in [2.05, 4.69) is 27.3 Å². The second-order valence-corrected chi connectivity index (χ2v) is 6.28. The molecule has 2 aromatic heterocycles. The highest BCUT2D eigenvalue weighted by atomic mass is 16.5. The van der Waals surface area contributed by atoms with Gasteiger partial charge in [-0.2, -0.15) is 4.98 Å². The lowest BCUT2D eigenvalue weighted by atomic mass is 9.88. The molecule has 0 saturated carbocycles. The summed E-state index contributed by atoms with van der Waals surface area (Å²) in [6, 6.07) is 13.9. The summed E-state index contributed by atoms with van der Waals surface area (Å²) in [7, 11) is 0. The zero-order valence-electron chi connectivity index (χ0n) is 14.1. The van der Waals surface area contributed by atoms with Gasteiger partial charge in [-0.05, 0) is 23.3 Å². The van der Waals surface area contributed by atoms with Crippen molar-refractivity contribution >= 4 is 12.0 Å². The van der Waals surface area contributed by atoms with Crippen LogP contribution in [0, 0.1) is 0 Å². The van der Waals surface area contributed by atoms with E-state index in [4.69, 9.17) is 4.52 Å². The van der Waals surface area contributed by atoms with Gasteiger partial charge in [-0.3, -0.25) is 9.78 Å².